The van der Waals surface area contributed by atoms with Gasteiger partial charge in [-0.2, -0.15) is 5.48 Å². The van der Waals surface area contributed by atoms with Crippen LogP contribution in [0.5, 0.6) is 0 Å². The fourth-order valence-corrected chi connectivity index (χ4v) is 6.46. The zero-order chi connectivity index (χ0) is 26.9. The molecule has 38 heavy (non-hydrogen) atoms. The maximum Gasteiger partial charge on any atom is 0.326 e. The number of hydrogen-bond acceptors (Lipinski definition) is 6. The van der Waals surface area contributed by atoms with Crippen molar-refractivity contribution in [2.24, 2.45) is 17.8 Å². The van der Waals surface area contributed by atoms with Gasteiger partial charge < -0.3 is 20.0 Å². The van der Waals surface area contributed by atoms with Gasteiger partial charge in [-0.15, -0.1) is 0 Å². The van der Waals surface area contributed by atoms with E-state index >= 15 is 0 Å². The molecule has 3 aliphatic rings. The maximum absolute atomic E-state index is 13.2. The number of piperidine rings is 2. The van der Waals surface area contributed by atoms with Crippen molar-refractivity contribution in [3.05, 3.63) is 28.8 Å². The number of benzene rings is 1. The van der Waals surface area contributed by atoms with Crippen LogP contribution in [-0.4, -0.2) is 67.4 Å². The highest BCUT2D eigenvalue weighted by molar-refractivity contribution is 6.33. The Labute approximate surface area is 231 Å². The number of hydroxylamine groups is 1. The number of halogens is 1. The van der Waals surface area contributed by atoms with E-state index in [0.29, 0.717) is 40.6 Å². The summed E-state index contributed by atoms with van der Waals surface area (Å²) in [7, 11) is 1.53. The molecule has 2 amide bonds. The lowest BCUT2D eigenvalue weighted by molar-refractivity contribution is -0.149. The molecule has 1 aromatic carbocycles. The van der Waals surface area contributed by atoms with Crippen LogP contribution in [0.25, 0.3) is 0 Å². The zero-order valence-corrected chi connectivity index (χ0v) is 23.4. The van der Waals surface area contributed by atoms with Crippen molar-refractivity contribution in [2.45, 2.75) is 70.6 Å². The fraction of sp³-hybridized carbons (Fsp3) is 0.690. The molecule has 2 aliphatic heterocycles. The van der Waals surface area contributed by atoms with Gasteiger partial charge in [0.1, 0.15) is 0 Å². The Morgan fingerprint density at radius 2 is 1.55 bits per heavy atom. The molecular weight excluding hydrogens is 504 g/mol. The van der Waals surface area contributed by atoms with E-state index in [4.69, 9.17) is 16.4 Å². The molecule has 1 aliphatic carbocycles. The quantitative estimate of drug-likeness (QED) is 0.429. The van der Waals surface area contributed by atoms with Crippen molar-refractivity contribution in [3.63, 3.8) is 0 Å². The van der Waals surface area contributed by atoms with Gasteiger partial charge in [-0.05, 0) is 75.0 Å². The fourth-order valence-electron chi connectivity index (χ4n) is 6.28. The largest absolute Gasteiger partial charge is 0.383 e. The van der Waals surface area contributed by atoms with Gasteiger partial charge in [0, 0.05) is 51.3 Å². The average Bonchev–Trinajstić information content (AvgIpc) is 2.95. The van der Waals surface area contributed by atoms with Gasteiger partial charge in [0.2, 0.25) is 5.91 Å². The van der Waals surface area contributed by atoms with E-state index in [1.54, 1.807) is 18.2 Å². The van der Waals surface area contributed by atoms with E-state index in [1.165, 1.54) is 32.7 Å². The highest BCUT2D eigenvalue weighted by atomic mass is 35.5. The number of amides is 2. The standard InChI is InChI=1S/C29H43ClN4O4/c1-31-38-27(35)9-14-32-26-20-24(7-8-25(26)30)29(37)34-17-12-22(13-18-34)19-21-10-15-33(16-11-21)28(36)23-5-3-2-4-6-23/h7-8,20-23,31-32H,2-6,9-19H2,1H3. The first kappa shape index (κ1) is 28.7. The Bertz CT molecular complexity index is 952. The minimum Gasteiger partial charge on any atom is -0.383 e. The molecule has 4 rings (SSSR count). The second-order valence-electron chi connectivity index (χ2n) is 11.1. The van der Waals surface area contributed by atoms with Gasteiger partial charge in [-0.1, -0.05) is 30.9 Å². The molecule has 2 N–H and O–H groups in total. The van der Waals surface area contributed by atoms with Crippen molar-refractivity contribution in [1.82, 2.24) is 15.3 Å². The van der Waals surface area contributed by atoms with Gasteiger partial charge in [0.05, 0.1) is 17.1 Å². The number of carbonyl (C=O) groups excluding carboxylic acids is 3. The molecule has 3 fully saturated rings. The van der Waals surface area contributed by atoms with E-state index in [0.717, 1.165) is 64.7 Å². The monoisotopic (exact) mass is 546 g/mol. The van der Waals surface area contributed by atoms with Gasteiger partial charge in [0.25, 0.3) is 5.91 Å². The second-order valence-corrected chi connectivity index (χ2v) is 11.5. The predicted molar refractivity (Wildman–Crippen MR) is 149 cm³/mol. The first-order valence-corrected chi connectivity index (χ1v) is 14.8. The molecule has 210 valence electrons. The summed E-state index contributed by atoms with van der Waals surface area (Å²) in [6.07, 6.45) is 11.5. The van der Waals surface area contributed by atoms with E-state index in [-0.39, 0.29) is 24.2 Å². The Balaban J connectivity index is 1.19. The van der Waals surface area contributed by atoms with Crippen LogP contribution in [0, 0.1) is 17.8 Å². The van der Waals surface area contributed by atoms with E-state index < -0.39 is 0 Å². The van der Waals surface area contributed by atoms with Crippen LogP contribution in [0.15, 0.2) is 18.2 Å². The number of hydrogen-bond donors (Lipinski definition) is 2. The Morgan fingerprint density at radius 1 is 0.921 bits per heavy atom. The molecule has 2 heterocycles. The van der Waals surface area contributed by atoms with Crippen molar-refractivity contribution < 1.29 is 19.2 Å². The third-order valence-corrected chi connectivity index (χ3v) is 8.85. The number of likely N-dealkylation sites (tertiary alicyclic amines) is 2. The van der Waals surface area contributed by atoms with Crippen LogP contribution in [0.4, 0.5) is 5.69 Å². The van der Waals surface area contributed by atoms with Crippen molar-refractivity contribution >= 4 is 35.1 Å². The summed E-state index contributed by atoms with van der Waals surface area (Å²) >= 11 is 6.30. The molecule has 0 atom stereocenters. The van der Waals surface area contributed by atoms with Crippen LogP contribution < -0.4 is 10.8 Å². The first-order chi connectivity index (χ1) is 18.4. The van der Waals surface area contributed by atoms with E-state index in [2.05, 4.69) is 15.7 Å². The maximum atomic E-state index is 13.2. The lowest BCUT2D eigenvalue weighted by atomic mass is 9.82. The Kier molecular flexibility index (Phi) is 10.7. The third-order valence-electron chi connectivity index (χ3n) is 8.52. The highest BCUT2D eigenvalue weighted by Gasteiger charge is 2.31. The summed E-state index contributed by atoms with van der Waals surface area (Å²) in [6, 6.07) is 5.25. The molecule has 1 saturated carbocycles. The van der Waals surface area contributed by atoms with Gasteiger partial charge in [0.15, 0.2) is 0 Å². The van der Waals surface area contributed by atoms with Crippen LogP contribution in [0.1, 0.15) is 81.0 Å². The summed E-state index contributed by atoms with van der Waals surface area (Å²) in [6.45, 7) is 3.73. The third kappa shape index (κ3) is 7.85. The van der Waals surface area contributed by atoms with Crippen LogP contribution >= 0.6 is 11.6 Å². The van der Waals surface area contributed by atoms with Crippen molar-refractivity contribution in [2.75, 3.05) is 45.1 Å². The van der Waals surface area contributed by atoms with Gasteiger partial charge in [-0.25, -0.2) is 0 Å². The zero-order valence-electron chi connectivity index (χ0n) is 22.7. The molecular formula is C29H43ClN4O4. The van der Waals surface area contributed by atoms with Crippen LogP contribution in [-0.2, 0) is 14.4 Å². The molecule has 1 aromatic rings. The minimum atomic E-state index is -0.371. The lowest BCUT2D eigenvalue weighted by Crippen LogP contribution is -2.43. The molecule has 8 nitrogen and oxygen atoms in total. The molecule has 2 saturated heterocycles. The Morgan fingerprint density at radius 3 is 2.18 bits per heavy atom. The van der Waals surface area contributed by atoms with E-state index in [1.807, 2.05) is 4.90 Å². The molecule has 0 aromatic heterocycles. The minimum absolute atomic E-state index is 0.0206. The summed E-state index contributed by atoms with van der Waals surface area (Å²) < 4.78 is 0. The lowest BCUT2D eigenvalue weighted by Gasteiger charge is -2.38. The highest BCUT2D eigenvalue weighted by Crippen LogP contribution is 2.33. The van der Waals surface area contributed by atoms with Crippen LogP contribution in [0.3, 0.4) is 0 Å². The number of anilines is 1. The number of nitrogens with zero attached hydrogens (tertiary/aromatic N) is 2. The molecule has 9 heteroatoms. The molecule has 0 bridgehead atoms. The molecule has 0 unspecified atom stereocenters. The summed E-state index contributed by atoms with van der Waals surface area (Å²) in [5.74, 6) is 1.66. The smallest absolute Gasteiger partial charge is 0.326 e. The van der Waals surface area contributed by atoms with Crippen LogP contribution in [0.2, 0.25) is 5.02 Å². The van der Waals surface area contributed by atoms with Gasteiger partial charge >= 0.3 is 5.97 Å². The summed E-state index contributed by atoms with van der Waals surface area (Å²) in [5, 5.41) is 3.63. The topological polar surface area (TPSA) is 91.0 Å². The molecule has 0 spiro atoms. The van der Waals surface area contributed by atoms with Crippen molar-refractivity contribution in [3.8, 4) is 0 Å². The number of nitrogens with one attached hydrogen (secondary N) is 2. The number of rotatable bonds is 9. The van der Waals surface area contributed by atoms with Crippen molar-refractivity contribution in [1.29, 1.82) is 0 Å². The summed E-state index contributed by atoms with van der Waals surface area (Å²) in [5.41, 5.74) is 3.60. The van der Waals surface area contributed by atoms with E-state index in [9.17, 15) is 14.4 Å². The first-order valence-electron chi connectivity index (χ1n) is 14.4. The second kappa shape index (κ2) is 14.2. The SMILES string of the molecule is CNOC(=O)CCNc1cc(C(=O)N2CCC(CC3CCN(C(=O)C4CCCCC4)CC3)CC2)ccc1Cl. The molecule has 0 radical (unpaired) electrons. The predicted octanol–water partition coefficient (Wildman–Crippen LogP) is 4.88. The number of carbonyl (C=O) groups is 3. The Hall–Kier alpha value is -2.32. The average molecular weight is 547 g/mol. The normalized spacial score (nSPS) is 19.8. The summed E-state index contributed by atoms with van der Waals surface area (Å²) in [4.78, 5) is 46.4. The van der Waals surface area contributed by atoms with Gasteiger partial charge in [-0.3, -0.25) is 14.4 Å².